The Bertz CT molecular complexity index is 339. The van der Waals surface area contributed by atoms with Gasteiger partial charge in [-0.1, -0.05) is 19.8 Å². The first kappa shape index (κ1) is 11.1. The maximum atomic E-state index is 6.50. The van der Waals surface area contributed by atoms with Gasteiger partial charge < -0.3 is 5.73 Å². The minimum atomic E-state index is -0.138. The van der Waals surface area contributed by atoms with Crippen molar-refractivity contribution in [3.63, 3.8) is 0 Å². The Morgan fingerprint density at radius 2 is 2.20 bits per heavy atom. The average molecular weight is 224 g/mol. The van der Waals surface area contributed by atoms with Gasteiger partial charge in [0.1, 0.15) is 5.01 Å². The van der Waals surface area contributed by atoms with Gasteiger partial charge in [-0.15, -0.1) is 11.3 Å². The van der Waals surface area contributed by atoms with Crippen LogP contribution in [0.2, 0.25) is 0 Å². The molecule has 15 heavy (non-hydrogen) atoms. The minimum Gasteiger partial charge on any atom is -0.319 e. The lowest BCUT2D eigenvalue weighted by Gasteiger charge is -2.35. The zero-order valence-corrected chi connectivity index (χ0v) is 10.7. The van der Waals surface area contributed by atoms with Crippen LogP contribution in [0.1, 0.15) is 48.2 Å². The molecular weight excluding hydrogens is 204 g/mol. The van der Waals surface area contributed by atoms with E-state index in [1.165, 1.54) is 17.7 Å². The molecule has 1 aromatic rings. The maximum absolute atomic E-state index is 6.50. The SMILES string of the molecule is Cc1nc(C2(N)CCCC(C)C2)sc1C. The molecule has 0 saturated heterocycles. The van der Waals surface area contributed by atoms with E-state index >= 15 is 0 Å². The lowest BCUT2D eigenvalue weighted by molar-refractivity contribution is 0.238. The molecular formula is C12H20N2S. The van der Waals surface area contributed by atoms with Crippen molar-refractivity contribution in [2.45, 2.75) is 52.0 Å². The van der Waals surface area contributed by atoms with Crippen LogP contribution in [0.25, 0.3) is 0 Å². The van der Waals surface area contributed by atoms with Gasteiger partial charge in [-0.25, -0.2) is 4.98 Å². The highest BCUT2D eigenvalue weighted by atomic mass is 32.1. The molecule has 1 aliphatic carbocycles. The molecule has 0 aromatic carbocycles. The molecule has 2 nitrogen and oxygen atoms in total. The highest BCUT2D eigenvalue weighted by molar-refractivity contribution is 7.11. The van der Waals surface area contributed by atoms with Crippen molar-refractivity contribution in [3.05, 3.63) is 15.6 Å². The second-order valence-electron chi connectivity index (χ2n) is 5.02. The molecule has 2 rings (SSSR count). The van der Waals surface area contributed by atoms with E-state index in [0.29, 0.717) is 0 Å². The Hall–Kier alpha value is -0.410. The van der Waals surface area contributed by atoms with Crippen LogP contribution < -0.4 is 5.73 Å². The van der Waals surface area contributed by atoms with Crippen LogP contribution in [0.4, 0.5) is 0 Å². The van der Waals surface area contributed by atoms with E-state index in [-0.39, 0.29) is 5.54 Å². The van der Waals surface area contributed by atoms with Gasteiger partial charge in [0.05, 0.1) is 11.2 Å². The number of thiazole rings is 1. The number of hydrogen-bond donors (Lipinski definition) is 1. The van der Waals surface area contributed by atoms with Crippen molar-refractivity contribution >= 4 is 11.3 Å². The Kier molecular flexibility index (Phi) is 2.86. The van der Waals surface area contributed by atoms with Gasteiger partial charge in [0.15, 0.2) is 0 Å². The Morgan fingerprint density at radius 3 is 2.73 bits per heavy atom. The fourth-order valence-corrected chi connectivity index (χ4v) is 3.53. The van der Waals surface area contributed by atoms with Crippen LogP contribution in [0.15, 0.2) is 0 Å². The van der Waals surface area contributed by atoms with E-state index in [9.17, 15) is 0 Å². The second-order valence-corrected chi connectivity index (χ2v) is 6.22. The fraction of sp³-hybridized carbons (Fsp3) is 0.750. The lowest BCUT2D eigenvalue weighted by atomic mass is 9.77. The molecule has 0 aliphatic heterocycles. The van der Waals surface area contributed by atoms with Gasteiger partial charge >= 0.3 is 0 Å². The van der Waals surface area contributed by atoms with E-state index < -0.39 is 0 Å². The van der Waals surface area contributed by atoms with Crippen molar-refractivity contribution < 1.29 is 0 Å². The number of hydrogen-bond acceptors (Lipinski definition) is 3. The summed E-state index contributed by atoms with van der Waals surface area (Å²) in [5.41, 5.74) is 7.51. The molecule has 2 atom stereocenters. The molecule has 1 aliphatic rings. The standard InChI is InChI=1S/C12H20N2S/c1-8-5-4-6-12(13,7-8)11-14-9(2)10(3)15-11/h8H,4-7,13H2,1-3H3. The van der Waals surface area contributed by atoms with E-state index in [4.69, 9.17) is 5.73 Å². The number of nitrogens with zero attached hydrogens (tertiary/aromatic N) is 1. The zero-order valence-electron chi connectivity index (χ0n) is 9.84. The largest absolute Gasteiger partial charge is 0.319 e. The topological polar surface area (TPSA) is 38.9 Å². The van der Waals surface area contributed by atoms with Crippen LogP contribution in [-0.4, -0.2) is 4.98 Å². The molecule has 0 bridgehead atoms. The van der Waals surface area contributed by atoms with Gasteiger partial charge in [-0.2, -0.15) is 0 Å². The Morgan fingerprint density at radius 1 is 1.47 bits per heavy atom. The van der Waals surface area contributed by atoms with Crippen molar-refractivity contribution in [1.82, 2.24) is 4.98 Å². The summed E-state index contributed by atoms with van der Waals surface area (Å²) in [4.78, 5) is 5.95. The Balaban J connectivity index is 2.27. The molecule has 84 valence electrons. The first-order chi connectivity index (χ1) is 7.01. The summed E-state index contributed by atoms with van der Waals surface area (Å²) in [5.74, 6) is 0.744. The number of aryl methyl sites for hydroxylation is 2. The Labute approximate surface area is 95.9 Å². The molecule has 1 heterocycles. The third-order valence-electron chi connectivity index (χ3n) is 3.49. The smallest absolute Gasteiger partial charge is 0.113 e. The van der Waals surface area contributed by atoms with Crippen LogP contribution in [0.3, 0.4) is 0 Å². The fourth-order valence-electron chi connectivity index (χ4n) is 2.47. The predicted octanol–water partition coefficient (Wildman–Crippen LogP) is 3.12. The molecule has 0 radical (unpaired) electrons. The molecule has 0 amide bonds. The third-order valence-corrected chi connectivity index (χ3v) is 4.78. The van der Waals surface area contributed by atoms with Crippen LogP contribution in [0, 0.1) is 19.8 Å². The minimum absolute atomic E-state index is 0.138. The number of rotatable bonds is 1. The highest BCUT2D eigenvalue weighted by Gasteiger charge is 2.35. The third kappa shape index (κ3) is 2.08. The van der Waals surface area contributed by atoms with Gasteiger partial charge in [-0.05, 0) is 32.6 Å². The molecule has 2 N–H and O–H groups in total. The normalized spacial score (nSPS) is 31.9. The van der Waals surface area contributed by atoms with Crippen LogP contribution in [0.5, 0.6) is 0 Å². The van der Waals surface area contributed by atoms with E-state index in [1.807, 2.05) is 0 Å². The molecule has 3 heteroatoms. The lowest BCUT2D eigenvalue weighted by Crippen LogP contribution is -2.40. The van der Waals surface area contributed by atoms with Crippen LogP contribution >= 0.6 is 11.3 Å². The summed E-state index contributed by atoms with van der Waals surface area (Å²) < 4.78 is 0. The average Bonchev–Trinajstić information content (AvgIpc) is 2.47. The van der Waals surface area contributed by atoms with E-state index in [1.54, 1.807) is 11.3 Å². The summed E-state index contributed by atoms with van der Waals surface area (Å²) in [6.45, 7) is 6.51. The van der Waals surface area contributed by atoms with Crippen molar-refractivity contribution in [1.29, 1.82) is 0 Å². The van der Waals surface area contributed by atoms with Crippen LogP contribution in [-0.2, 0) is 5.54 Å². The van der Waals surface area contributed by atoms with E-state index in [2.05, 4.69) is 25.8 Å². The van der Waals surface area contributed by atoms with Crippen molar-refractivity contribution in [3.8, 4) is 0 Å². The monoisotopic (exact) mass is 224 g/mol. The van der Waals surface area contributed by atoms with Gasteiger partial charge in [0.25, 0.3) is 0 Å². The molecule has 2 unspecified atom stereocenters. The molecule has 1 saturated carbocycles. The van der Waals surface area contributed by atoms with Gasteiger partial charge in [0, 0.05) is 4.88 Å². The number of nitrogens with two attached hydrogens (primary N) is 1. The quantitative estimate of drug-likeness (QED) is 0.796. The molecule has 1 fully saturated rings. The van der Waals surface area contributed by atoms with Gasteiger partial charge in [0.2, 0.25) is 0 Å². The maximum Gasteiger partial charge on any atom is 0.113 e. The summed E-state index contributed by atoms with van der Waals surface area (Å²) in [7, 11) is 0. The highest BCUT2D eigenvalue weighted by Crippen LogP contribution is 2.39. The van der Waals surface area contributed by atoms with Crippen molar-refractivity contribution in [2.24, 2.45) is 11.7 Å². The predicted molar refractivity (Wildman–Crippen MR) is 65.1 cm³/mol. The molecule has 0 spiro atoms. The van der Waals surface area contributed by atoms with Gasteiger partial charge in [-0.3, -0.25) is 0 Å². The zero-order chi connectivity index (χ0) is 11.1. The summed E-state index contributed by atoms with van der Waals surface area (Å²) in [5, 5.41) is 1.16. The first-order valence-electron chi connectivity index (χ1n) is 5.75. The number of aromatic nitrogens is 1. The first-order valence-corrected chi connectivity index (χ1v) is 6.56. The second kappa shape index (κ2) is 3.87. The summed E-state index contributed by atoms with van der Waals surface area (Å²) in [6, 6.07) is 0. The summed E-state index contributed by atoms with van der Waals surface area (Å²) in [6.07, 6.45) is 4.76. The van der Waals surface area contributed by atoms with E-state index in [0.717, 1.165) is 29.5 Å². The summed E-state index contributed by atoms with van der Waals surface area (Å²) >= 11 is 1.79. The van der Waals surface area contributed by atoms with Crippen molar-refractivity contribution in [2.75, 3.05) is 0 Å². The molecule has 1 aromatic heterocycles.